The predicted molar refractivity (Wildman–Crippen MR) is 59.4 cm³/mol. The Balaban J connectivity index is 2.39. The van der Waals surface area contributed by atoms with Gasteiger partial charge in [-0.15, -0.1) is 0 Å². The fourth-order valence-corrected chi connectivity index (χ4v) is 1.21. The van der Waals surface area contributed by atoms with E-state index in [2.05, 4.69) is 31.8 Å². The number of nitrogens with one attached hydrogen (secondary N) is 2. The number of rotatable bonds is 3. The molecule has 0 unspecified atom stereocenters. The quantitative estimate of drug-likeness (QED) is 0.646. The molecule has 0 atom stereocenters. The van der Waals surface area contributed by atoms with E-state index in [1.807, 2.05) is 6.92 Å². The minimum absolute atomic E-state index is 0.207. The lowest BCUT2D eigenvalue weighted by molar-refractivity contribution is 1.15. The monoisotopic (exact) mass is 204 g/mol. The van der Waals surface area contributed by atoms with Gasteiger partial charge in [0.25, 0.3) is 0 Å². The molecule has 2 aromatic rings. The molecule has 0 aromatic carbocycles. The normalized spacial score (nSPS) is 10.5. The minimum atomic E-state index is 0.207. The maximum Gasteiger partial charge on any atom is 0.224 e. The van der Waals surface area contributed by atoms with Crippen molar-refractivity contribution in [2.45, 2.75) is 6.92 Å². The molecule has 0 spiro atoms. The molecule has 0 bridgehead atoms. The van der Waals surface area contributed by atoms with Gasteiger partial charge in [0, 0.05) is 6.54 Å². The number of fused-ring (bicyclic) bond motifs is 1. The third-order valence-corrected chi connectivity index (χ3v) is 1.86. The van der Waals surface area contributed by atoms with Crippen LogP contribution < -0.4 is 11.1 Å². The number of aromatic nitrogens is 4. The third kappa shape index (κ3) is 1.88. The molecule has 0 radical (unpaired) electrons. The zero-order valence-corrected chi connectivity index (χ0v) is 8.41. The Morgan fingerprint density at radius 2 is 2.40 bits per heavy atom. The molecule has 2 aromatic heterocycles. The van der Waals surface area contributed by atoms with Gasteiger partial charge in [-0.2, -0.15) is 9.97 Å². The lowest BCUT2D eigenvalue weighted by Gasteiger charge is -2.05. The molecule has 0 fully saturated rings. The van der Waals surface area contributed by atoms with Crippen LogP contribution >= 0.6 is 0 Å². The van der Waals surface area contributed by atoms with Gasteiger partial charge in [0.1, 0.15) is 5.52 Å². The maximum atomic E-state index is 5.55. The second-order valence-electron chi connectivity index (χ2n) is 3.34. The highest BCUT2D eigenvalue weighted by Crippen LogP contribution is 2.17. The van der Waals surface area contributed by atoms with Gasteiger partial charge in [-0.05, 0) is 6.92 Å². The van der Waals surface area contributed by atoms with Gasteiger partial charge in [0.2, 0.25) is 5.95 Å². The van der Waals surface area contributed by atoms with E-state index in [1.165, 1.54) is 0 Å². The highest BCUT2D eigenvalue weighted by Gasteiger charge is 2.07. The van der Waals surface area contributed by atoms with Crippen LogP contribution in [0.25, 0.3) is 11.2 Å². The van der Waals surface area contributed by atoms with Crippen LogP contribution in [-0.2, 0) is 0 Å². The van der Waals surface area contributed by atoms with Gasteiger partial charge < -0.3 is 16.0 Å². The molecule has 0 aliphatic rings. The summed E-state index contributed by atoms with van der Waals surface area (Å²) in [7, 11) is 0. The molecule has 15 heavy (non-hydrogen) atoms. The highest BCUT2D eigenvalue weighted by atomic mass is 15.1. The van der Waals surface area contributed by atoms with Gasteiger partial charge in [-0.1, -0.05) is 12.2 Å². The number of anilines is 2. The molecule has 4 N–H and O–H groups in total. The molecule has 0 saturated heterocycles. The summed E-state index contributed by atoms with van der Waals surface area (Å²) >= 11 is 0. The first-order chi connectivity index (χ1) is 7.16. The van der Waals surface area contributed by atoms with E-state index in [4.69, 9.17) is 5.73 Å². The summed E-state index contributed by atoms with van der Waals surface area (Å²) in [6, 6.07) is 0. The average molecular weight is 204 g/mol. The van der Waals surface area contributed by atoms with Gasteiger partial charge in [-0.25, -0.2) is 4.98 Å². The summed E-state index contributed by atoms with van der Waals surface area (Å²) in [5.41, 5.74) is 7.88. The zero-order valence-electron chi connectivity index (χ0n) is 8.41. The summed E-state index contributed by atoms with van der Waals surface area (Å²) in [6.07, 6.45) is 1.56. The van der Waals surface area contributed by atoms with Crippen molar-refractivity contribution in [3.63, 3.8) is 0 Å². The lowest BCUT2D eigenvalue weighted by Crippen LogP contribution is -2.07. The second-order valence-corrected chi connectivity index (χ2v) is 3.34. The maximum absolute atomic E-state index is 5.55. The number of hydrogen-bond acceptors (Lipinski definition) is 5. The zero-order chi connectivity index (χ0) is 10.8. The molecule has 78 valence electrons. The molecule has 0 aliphatic heterocycles. The van der Waals surface area contributed by atoms with Crippen molar-refractivity contribution in [3.8, 4) is 0 Å². The van der Waals surface area contributed by atoms with E-state index < -0.39 is 0 Å². The summed E-state index contributed by atoms with van der Waals surface area (Å²) in [5.74, 6) is 0.858. The largest absolute Gasteiger partial charge is 0.368 e. The first-order valence-corrected chi connectivity index (χ1v) is 4.51. The van der Waals surface area contributed by atoms with Crippen molar-refractivity contribution >= 4 is 22.9 Å². The van der Waals surface area contributed by atoms with Crippen LogP contribution in [0.5, 0.6) is 0 Å². The van der Waals surface area contributed by atoms with Gasteiger partial charge in [-0.3, -0.25) is 0 Å². The number of nitrogen functional groups attached to an aromatic ring is 1. The summed E-state index contributed by atoms with van der Waals surface area (Å²) < 4.78 is 0. The Bertz CT molecular complexity index is 500. The van der Waals surface area contributed by atoms with Crippen LogP contribution in [0.1, 0.15) is 6.92 Å². The lowest BCUT2D eigenvalue weighted by atomic mass is 10.3. The summed E-state index contributed by atoms with van der Waals surface area (Å²) in [4.78, 5) is 15.0. The molecule has 6 nitrogen and oxygen atoms in total. The third-order valence-electron chi connectivity index (χ3n) is 1.86. The standard InChI is InChI=1S/C9H12N6/c1-5(2)3-11-7-6-8(13-4-12-6)15-9(10)14-7/h4H,1,3H2,2H3,(H4,10,11,12,13,14,15). The average Bonchev–Trinajstić information content (AvgIpc) is 2.61. The fraction of sp³-hybridized carbons (Fsp3) is 0.222. The van der Waals surface area contributed by atoms with Crippen LogP contribution in [0.2, 0.25) is 0 Å². The molecule has 0 saturated carbocycles. The number of nitrogens with zero attached hydrogens (tertiary/aromatic N) is 3. The van der Waals surface area contributed by atoms with E-state index >= 15 is 0 Å². The van der Waals surface area contributed by atoms with E-state index in [1.54, 1.807) is 6.33 Å². The molecular formula is C9H12N6. The van der Waals surface area contributed by atoms with Crippen molar-refractivity contribution in [1.29, 1.82) is 0 Å². The summed E-state index contributed by atoms with van der Waals surface area (Å²) in [6.45, 7) is 6.37. The van der Waals surface area contributed by atoms with Crippen LogP contribution in [-0.4, -0.2) is 26.5 Å². The van der Waals surface area contributed by atoms with Crippen molar-refractivity contribution in [3.05, 3.63) is 18.5 Å². The van der Waals surface area contributed by atoms with Crippen molar-refractivity contribution in [2.75, 3.05) is 17.6 Å². The van der Waals surface area contributed by atoms with Gasteiger partial charge >= 0.3 is 0 Å². The Hall–Kier alpha value is -2.11. The SMILES string of the molecule is C=C(C)CNc1nc(N)nc2nc[nH]c12. The molecule has 2 heterocycles. The Labute approximate surface area is 86.6 Å². The van der Waals surface area contributed by atoms with Gasteiger partial charge in [0.05, 0.1) is 6.33 Å². The van der Waals surface area contributed by atoms with Crippen LogP contribution in [0.15, 0.2) is 18.5 Å². The predicted octanol–water partition coefficient (Wildman–Crippen LogP) is 0.923. The van der Waals surface area contributed by atoms with Crippen LogP contribution in [0.4, 0.5) is 11.8 Å². The minimum Gasteiger partial charge on any atom is -0.368 e. The highest BCUT2D eigenvalue weighted by molar-refractivity contribution is 5.83. The Morgan fingerprint density at radius 1 is 1.60 bits per heavy atom. The van der Waals surface area contributed by atoms with E-state index in [-0.39, 0.29) is 5.95 Å². The first kappa shape index (κ1) is 9.45. The number of hydrogen-bond donors (Lipinski definition) is 3. The van der Waals surface area contributed by atoms with Crippen LogP contribution in [0.3, 0.4) is 0 Å². The van der Waals surface area contributed by atoms with Crippen LogP contribution in [0, 0.1) is 0 Å². The molecule has 0 amide bonds. The summed E-state index contributed by atoms with van der Waals surface area (Å²) in [5, 5.41) is 3.11. The Morgan fingerprint density at radius 3 is 3.13 bits per heavy atom. The van der Waals surface area contributed by atoms with Crippen molar-refractivity contribution in [2.24, 2.45) is 0 Å². The van der Waals surface area contributed by atoms with Gasteiger partial charge in [0.15, 0.2) is 11.5 Å². The topological polar surface area (TPSA) is 92.5 Å². The fourth-order valence-electron chi connectivity index (χ4n) is 1.21. The smallest absolute Gasteiger partial charge is 0.224 e. The Kier molecular flexibility index (Phi) is 2.24. The van der Waals surface area contributed by atoms with E-state index in [0.29, 0.717) is 18.0 Å². The number of nitrogens with two attached hydrogens (primary N) is 1. The number of aromatic amines is 1. The van der Waals surface area contributed by atoms with E-state index in [9.17, 15) is 0 Å². The van der Waals surface area contributed by atoms with Crippen molar-refractivity contribution < 1.29 is 0 Å². The molecule has 2 rings (SSSR count). The first-order valence-electron chi connectivity index (χ1n) is 4.51. The number of imidazole rings is 1. The van der Waals surface area contributed by atoms with E-state index in [0.717, 1.165) is 11.1 Å². The molecular weight excluding hydrogens is 192 g/mol. The molecule has 0 aliphatic carbocycles. The molecule has 6 heteroatoms. The second kappa shape index (κ2) is 3.56. The number of H-pyrrole nitrogens is 1. The van der Waals surface area contributed by atoms with Crippen molar-refractivity contribution in [1.82, 2.24) is 19.9 Å².